The number of carbonyl (C=O) groups excluding carboxylic acids is 1. The standard InChI is InChI=1S/C16H24N2O/c1-11-5-6-15(7-12(11)2)8-16(19)18-9-13(3)17-14(4)10-18/h5-7,13-14,17H,8-10H2,1-4H3. The summed E-state index contributed by atoms with van der Waals surface area (Å²) in [5, 5.41) is 3.45. The number of hydrogen-bond acceptors (Lipinski definition) is 2. The third kappa shape index (κ3) is 3.57. The van der Waals surface area contributed by atoms with Crippen molar-refractivity contribution >= 4 is 5.91 Å². The number of amides is 1. The summed E-state index contributed by atoms with van der Waals surface area (Å²) in [7, 11) is 0. The van der Waals surface area contributed by atoms with Crippen LogP contribution in [0.2, 0.25) is 0 Å². The molecule has 1 saturated heterocycles. The van der Waals surface area contributed by atoms with Crippen molar-refractivity contribution in [2.24, 2.45) is 0 Å². The highest BCUT2D eigenvalue weighted by molar-refractivity contribution is 5.79. The quantitative estimate of drug-likeness (QED) is 0.882. The summed E-state index contributed by atoms with van der Waals surface area (Å²) in [6.45, 7) is 10.1. The van der Waals surface area contributed by atoms with Gasteiger partial charge in [-0.1, -0.05) is 18.2 Å². The molecule has 3 nitrogen and oxygen atoms in total. The van der Waals surface area contributed by atoms with Crippen LogP contribution in [0.25, 0.3) is 0 Å². The molecule has 0 saturated carbocycles. The molecule has 1 aromatic carbocycles. The monoisotopic (exact) mass is 260 g/mol. The highest BCUT2D eigenvalue weighted by Gasteiger charge is 2.24. The number of rotatable bonds is 2. The van der Waals surface area contributed by atoms with Crippen LogP contribution in [0.3, 0.4) is 0 Å². The molecule has 3 heteroatoms. The second-order valence-corrected chi connectivity index (χ2v) is 5.86. The molecule has 1 fully saturated rings. The van der Waals surface area contributed by atoms with Crippen molar-refractivity contribution in [2.45, 2.75) is 46.2 Å². The Hall–Kier alpha value is -1.35. The Morgan fingerprint density at radius 2 is 1.84 bits per heavy atom. The number of hydrogen-bond donors (Lipinski definition) is 1. The highest BCUT2D eigenvalue weighted by atomic mass is 16.2. The molecule has 0 aliphatic carbocycles. The second-order valence-electron chi connectivity index (χ2n) is 5.86. The van der Waals surface area contributed by atoms with E-state index in [0.717, 1.165) is 18.7 Å². The summed E-state index contributed by atoms with van der Waals surface area (Å²) in [5.74, 6) is 0.239. The van der Waals surface area contributed by atoms with Gasteiger partial charge in [0.15, 0.2) is 0 Å². The van der Waals surface area contributed by atoms with Gasteiger partial charge in [0.25, 0.3) is 0 Å². The van der Waals surface area contributed by atoms with E-state index in [1.54, 1.807) is 0 Å². The molecule has 1 heterocycles. The summed E-state index contributed by atoms with van der Waals surface area (Å²) < 4.78 is 0. The fraction of sp³-hybridized carbons (Fsp3) is 0.562. The minimum Gasteiger partial charge on any atom is -0.339 e. The maximum absolute atomic E-state index is 12.4. The van der Waals surface area contributed by atoms with E-state index in [1.165, 1.54) is 11.1 Å². The van der Waals surface area contributed by atoms with Crippen molar-refractivity contribution < 1.29 is 4.79 Å². The summed E-state index contributed by atoms with van der Waals surface area (Å²) >= 11 is 0. The molecule has 0 spiro atoms. The third-order valence-electron chi connectivity index (χ3n) is 3.84. The van der Waals surface area contributed by atoms with Gasteiger partial charge >= 0.3 is 0 Å². The largest absolute Gasteiger partial charge is 0.339 e. The van der Waals surface area contributed by atoms with Crippen molar-refractivity contribution in [1.82, 2.24) is 10.2 Å². The predicted molar refractivity (Wildman–Crippen MR) is 78.3 cm³/mol. The van der Waals surface area contributed by atoms with E-state index < -0.39 is 0 Å². The molecule has 2 unspecified atom stereocenters. The van der Waals surface area contributed by atoms with Crippen LogP contribution in [0.15, 0.2) is 18.2 Å². The van der Waals surface area contributed by atoms with Crippen molar-refractivity contribution in [3.05, 3.63) is 34.9 Å². The van der Waals surface area contributed by atoms with Gasteiger partial charge in [-0.25, -0.2) is 0 Å². The first-order valence-corrected chi connectivity index (χ1v) is 7.05. The third-order valence-corrected chi connectivity index (χ3v) is 3.84. The number of nitrogens with zero attached hydrogens (tertiary/aromatic N) is 1. The highest BCUT2D eigenvalue weighted by Crippen LogP contribution is 2.12. The lowest BCUT2D eigenvalue weighted by Gasteiger charge is -2.36. The molecule has 2 rings (SSSR count). The van der Waals surface area contributed by atoms with Gasteiger partial charge in [-0.15, -0.1) is 0 Å². The Labute approximate surface area is 116 Å². The zero-order valence-corrected chi connectivity index (χ0v) is 12.4. The molecule has 0 radical (unpaired) electrons. The molecule has 1 aliphatic heterocycles. The van der Waals surface area contributed by atoms with Crippen molar-refractivity contribution in [3.63, 3.8) is 0 Å². The van der Waals surface area contributed by atoms with Crippen LogP contribution in [0, 0.1) is 13.8 Å². The lowest BCUT2D eigenvalue weighted by molar-refractivity contribution is -0.132. The zero-order chi connectivity index (χ0) is 14.0. The van der Waals surface area contributed by atoms with E-state index in [2.05, 4.69) is 51.2 Å². The molecule has 1 N–H and O–H groups in total. The summed E-state index contributed by atoms with van der Waals surface area (Å²) in [5.41, 5.74) is 3.65. The van der Waals surface area contributed by atoms with Gasteiger partial charge in [0.2, 0.25) is 5.91 Å². The first kappa shape index (κ1) is 14.1. The molecule has 1 aromatic rings. The van der Waals surface area contributed by atoms with Crippen LogP contribution in [-0.2, 0) is 11.2 Å². The maximum Gasteiger partial charge on any atom is 0.227 e. The van der Waals surface area contributed by atoms with Crippen LogP contribution >= 0.6 is 0 Å². The Bertz CT molecular complexity index is 460. The molecule has 19 heavy (non-hydrogen) atoms. The fourth-order valence-electron chi connectivity index (χ4n) is 2.73. The number of nitrogens with one attached hydrogen (secondary N) is 1. The molecular weight excluding hydrogens is 236 g/mol. The summed E-state index contributed by atoms with van der Waals surface area (Å²) in [4.78, 5) is 14.3. The summed E-state index contributed by atoms with van der Waals surface area (Å²) in [6, 6.07) is 7.05. The van der Waals surface area contributed by atoms with Crippen LogP contribution in [0.1, 0.15) is 30.5 Å². The fourth-order valence-corrected chi connectivity index (χ4v) is 2.73. The Kier molecular flexibility index (Phi) is 4.25. The van der Waals surface area contributed by atoms with E-state index in [1.807, 2.05) is 4.90 Å². The number of aryl methyl sites for hydroxylation is 2. The van der Waals surface area contributed by atoms with Crippen LogP contribution in [0.4, 0.5) is 0 Å². The van der Waals surface area contributed by atoms with Crippen molar-refractivity contribution in [2.75, 3.05) is 13.1 Å². The molecule has 0 bridgehead atoms. The Morgan fingerprint density at radius 1 is 1.21 bits per heavy atom. The van der Waals surface area contributed by atoms with Crippen LogP contribution in [0.5, 0.6) is 0 Å². The molecule has 0 aromatic heterocycles. The van der Waals surface area contributed by atoms with E-state index in [0.29, 0.717) is 18.5 Å². The molecule has 1 aliphatic rings. The molecule has 1 amide bonds. The number of benzene rings is 1. The lowest BCUT2D eigenvalue weighted by atomic mass is 10.0. The molecular formula is C16H24N2O. The first-order chi connectivity index (χ1) is 8.95. The van der Waals surface area contributed by atoms with Crippen LogP contribution < -0.4 is 5.32 Å². The van der Waals surface area contributed by atoms with E-state index in [-0.39, 0.29) is 5.91 Å². The van der Waals surface area contributed by atoms with Crippen LogP contribution in [-0.4, -0.2) is 36.0 Å². The lowest BCUT2D eigenvalue weighted by Crippen LogP contribution is -2.56. The smallest absolute Gasteiger partial charge is 0.227 e. The van der Waals surface area contributed by atoms with E-state index >= 15 is 0 Å². The minimum absolute atomic E-state index is 0.239. The molecule has 104 valence electrons. The van der Waals surface area contributed by atoms with Gasteiger partial charge in [0, 0.05) is 25.2 Å². The zero-order valence-electron chi connectivity index (χ0n) is 12.4. The van der Waals surface area contributed by atoms with Gasteiger partial charge in [0.05, 0.1) is 6.42 Å². The second kappa shape index (κ2) is 5.74. The van der Waals surface area contributed by atoms with Gasteiger partial charge in [-0.05, 0) is 44.4 Å². The predicted octanol–water partition coefficient (Wildman–Crippen LogP) is 2.05. The minimum atomic E-state index is 0.239. The molecule has 2 atom stereocenters. The topological polar surface area (TPSA) is 32.3 Å². The van der Waals surface area contributed by atoms with E-state index in [9.17, 15) is 4.79 Å². The Balaban J connectivity index is 2.02. The van der Waals surface area contributed by atoms with E-state index in [4.69, 9.17) is 0 Å². The SMILES string of the molecule is Cc1ccc(CC(=O)N2CC(C)NC(C)C2)cc1C. The number of piperazine rings is 1. The van der Waals surface area contributed by atoms with Gasteiger partial charge in [0.1, 0.15) is 0 Å². The van der Waals surface area contributed by atoms with Gasteiger partial charge < -0.3 is 10.2 Å². The Morgan fingerprint density at radius 3 is 2.42 bits per heavy atom. The van der Waals surface area contributed by atoms with Crippen molar-refractivity contribution in [1.29, 1.82) is 0 Å². The average Bonchev–Trinajstić information content (AvgIpc) is 2.32. The van der Waals surface area contributed by atoms with Gasteiger partial charge in [-0.3, -0.25) is 4.79 Å². The van der Waals surface area contributed by atoms with Crippen molar-refractivity contribution in [3.8, 4) is 0 Å². The summed E-state index contributed by atoms with van der Waals surface area (Å²) in [6.07, 6.45) is 0.514. The maximum atomic E-state index is 12.4. The first-order valence-electron chi connectivity index (χ1n) is 7.05. The van der Waals surface area contributed by atoms with Gasteiger partial charge in [-0.2, -0.15) is 0 Å². The number of carbonyl (C=O) groups is 1. The average molecular weight is 260 g/mol. The normalized spacial score (nSPS) is 23.5.